The molecule has 2 nitrogen and oxygen atoms in total. The maximum Gasteiger partial charge on any atom is 0.0548 e. The first-order chi connectivity index (χ1) is 24.8. The molecule has 254 valence electrons. The molecular formula is C48H52N2. The molecule has 2 heterocycles. The van der Waals surface area contributed by atoms with E-state index in [0.717, 1.165) is 59.2 Å². The molecule has 0 aliphatic heterocycles. The number of benzene rings is 4. The normalized spacial score (nSPS) is 36.4. The number of fused-ring (bicyclic) bond motifs is 12. The summed E-state index contributed by atoms with van der Waals surface area (Å²) in [6, 6.07) is 35.2. The lowest BCUT2D eigenvalue weighted by Crippen LogP contribution is -2.61. The number of para-hydroxylation sites is 3. The second-order valence-corrected chi connectivity index (χ2v) is 18.0. The van der Waals surface area contributed by atoms with E-state index in [0.29, 0.717) is 6.04 Å². The van der Waals surface area contributed by atoms with Crippen LogP contribution in [0.25, 0.3) is 49.3 Å². The summed E-state index contributed by atoms with van der Waals surface area (Å²) in [5.74, 6) is 10.4. The fourth-order valence-corrected chi connectivity index (χ4v) is 15.1. The van der Waals surface area contributed by atoms with E-state index in [-0.39, 0.29) is 0 Å². The Hall–Kier alpha value is -3.52. The van der Waals surface area contributed by atoms with E-state index in [4.69, 9.17) is 0 Å². The molecule has 0 radical (unpaired) electrons. The van der Waals surface area contributed by atoms with E-state index in [9.17, 15) is 0 Å². The number of aromatic nitrogens is 2. The molecular weight excluding hydrogens is 605 g/mol. The van der Waals surface area contributed by atoms with Gasteiger partial charge in [-0.1, -0.05) is 80.3 Å². The maximum atomic E-state index is 2.88. The van der Waals surface area contributed by atoms with Gasteiger partial charge in [0.05, 0.1) is 16.6 Å². The number of rotatable bonds is 2. The summed E-state index contributed by atoms with van der Waals surface area (Å²) >= 11 is 0. The van der Waals surface area contributed by atoms with Gasteiger partial charge in [-0.25, -0.2) is 0 Å². The van der Waals surface area contributed by atoms with Crippen LogP contribution < -0.4 is 0 Å². The molecule has 6 saturated carbocycles. The van der Waals surface area contributed by atoms with Crippen LogP contribution in [-0.2, 0) is 0 Å². The lowest BCUT2D eigenvalue weighted by Gasteiger charge is -2.67. The van der Waals surface area contributed by atoms with Crippen molar-refractivity contribution >= 4 is 43.6 Å². The zero-order valence-corrected chi connectivity index (χ0v) is 29.6. The fraction of sp³-hybridized carbons (Fsp3) is 0.500. The highest BCUT2D eigenvalue weighted by Crippen LogP contribution is 2.69. The van der Waals surface area contributed by atoms with Crippen LogP contribution in [-0.4, -0.2) is 9.13 Å². The summed E-state index contributed by atoms with van der Waals surface area (Å²) in [6.45, 7) is 0. The summed E-state index contributed by atoms with van der Waals surface area (Å²) < 4.78 is 5.38. The molecule has 11 unspecified atom stereocenters. The molecule has 50 heavy (non-hydrogen) atoms. The molecule has 6 fully saturated rings. The highest BCUT2D eigenvalue weighted by atomic mass is 15.0. The Bertz CT molecular complexity index is 2250. The van der Waals surface area contributed by atoms with E-state index in [1.807, 2.05) is 0 Å². The van der Waals surface area contributed by atoms with E-state index in [2.05, 4.69) is 100 Å². The van der Waals surface area contributed by atoms with Crippen molar-refractivity contribution in [3.05, 3.63) is 91.0 Å². The fourth-order valence-electron chi connectivity index (χ4n) is 15.1. The van der Waals surface area contributed by atoms with Crippen LogP contribution in [0.4, 0.5) is 0 Å². The first-order valence-electron chi connectivity index (χ1n) is 20.8. The first kappa shape index (κ1) is 29.1. The molecule has 0 spiro atoms. The Labute approximate surface area is 297 Å². The summed E-state index contributed by atoms with van der Waals surface area (Å²) in [6.07, 6.45) is 19.7. The lowest BCUT2D eigenvalue weighted by atomic mass is 9.38. The highest BCUT2D eigenvalue weighted by molar-refractivity contribution is 6.18. The van der Waals surface area contributed by atoms with Crippen LogP contribution in [0.15, 0.2) is 91.0 Å². The van der Waals surface area contributed by atoms with Crippen molar-refractivity contribution in [2.45, 2.75) is 89.5 Å². The van der Waals surface area contributed by atoms with Crippen molar-refractivity contribution in [2.24, 2.45) is 59.2 Å². The van der Waals surface area contributed by atoms with Gasteiger partial charge >= 0.3 is 0 Å². The molecule has 0 amide bonds. The van der Waals surface area contributed by atoms with Crippen molar-refractivity contribution in [3.63, 3.8) is 0 Å². The van der Waals surface area contributed by atoms with Crippen molar-refractivity contribution in [3.8, 4) is 5.69 Å². The molecule has 6 aromatic rings. The minimum atomic E-state index is 0.598. The maximum absolute atomic E-state index is 2.88. The summed E-state index contributed by atoms with van der Waals surface area (Å²) in [5, 5.41) is 5.62. The number of hydrogen-bond donors (Lipinski definition) is 0. The van der Waals surface area contributed by atoms with Crippen molar-refractivity contribution in [1.29, 1.82) is 0 Å². The van der Waals surface area contributed by atoms with Crippen LogP contribution in [0, 0.1) is 59.2 Å². The van der Waals surface area contributed by atoms with Crippen LogP contribution in [0.5, 0.6) is 0 Å². The zero-order valence-electron chi connectivity index (χ0n) is 29.6. The molecule has 11 atom stereocenters. The van der Waals surface area contributed by atoms with Crippen LogP contribution in [0.2, 0.25) is 0 Å². The first-order valence-corrected chi connectivity index (χ1v) is 20.8. The summed E-state index contributed by atoms with van der Waals surface area (Å²) in [4.78, 5) is 0. The predicted molar refractivity (Wildman–Crippen MR) is 208 cm³/mol. The molecule has 2 aromatic heterocycles. The third-order valence-corrected chi connectivity index (χ3v) is 16.5. The standard InChI is InChI=1S/C48H52N2/c1-2-12-29(13-3-1)49-43-22-8-6-16-34(43)41-28-46-42(27-45(41)49)35-17-7-9-23-44(35)50(46)30-24-25-33-38-20-10-18-36-31-14-4-5-15-32(31)37-19-11-21-39(40(33)26-30)48(37)47(36)38/h1-3,6-9,12-13,16-17,22-23,27-28,30-33,36-40,47-48H,4-5,10-11,14-15,18-21,24-26H2. The number of nitrogens with zero attached hydrogens (tertiary/aromatic N) is 2. The van der Waals surface area contributed by atoms with Crippen LogP contribution >= 0.6 is 0 Å². The van der Waals surface area contributed by atoms with Crippen molar-refractivity contribution in [1.82, 2.24) is 9.13 Å². The smallest absolute Gasteiger partial charge is 0.0548 e. The van der Waals surface area contributed by atoms with Gasteiger partial charge in [-0.2, -0.15) is 0 Å². The van der Waals surface area contributed by atoms with Gasteiger partial charge in [-0.05, 0) is 153 Å². The van der Waals surface area contributed by atoms with Crippen LogP contribution in [0.3, 0.4) is 0 Å². The predicted octanol–water partition coefficient (Wildman–Crippen LogP) is 12.7. The lowest BCUT2D eigenvalue weighted by molar-refractivity contribution is -0.189. The van der Waals surface area contributed by atoms with Crippen LogP contribution in [0.1, 0.15) is 89.5 Å². The molecule has 6 aliphatic carbocycles. The van der Waals surface area contributed by atoms with Gasteiger partial charge in [0.1, 0.15) is 0 Å². The third kappa shape index (κ3) is 3.92. The van der Waals surface area contributed by atoms with Gasteiger partial charge in [0.25, 0.3) is 0 Å². The summed E-state index contributed by atoms with van der Waals surface area (Å²) in [5.41, 5.74) is 6.81. The van der Waals surface area contributed by atoms with Gasteiger partial charge in [0.15, 0.2) is 0 Å². The molecule has 12 rings (SSSR count). The Kier molecular flexibility index (Phi) is 6.40. The van der Waals surface area contributed by atoms with E-state index >= 15 is 0 Å². The second-order valence-electron chi connectivity index (χ2n) is 18.0. The van der Waals surface area contributed by atoms with Gasteiger partial charge < -0.3 is 9.13 Å². The zero-order chi connectivity index (χ0) is 32.5. The van der Waals surface area contributed by atoms with E-state index in [1.165, 1.54) is 101 Å². The monoisotopic (exact) mass is 656 g/mol. The molecule has 6 aliphatic rings. The minimum absolute atomic E-state index is 0.598. The van der Waals surface area contributed by atoms with Crippen molar-refractivity contribution < 1.29 is 0 Å². The molecule has 0 N–H and O–H groups in total. The topological polar surface area (TPSA) is 9.86 Å². The third-order valence-electron chi connectivity index (χ3n) is 16.5. The van der Waals surface area contributed by atoms with E-state index in [1.54, 1.807) is 32.1 Å². The highest BCUT2D eigenvalue weighted by Gasteiger charge is 2.62. The summed E-state index contributed by atoms with van der Waals surface area (Å²) in [7, 11) is 0. The van der Waals surface area contributed by atoms with Crippen molar-refractivity contribution in [2.75, 3.05) is 0 Å². The Morgan fingerprint density at radius 2 is 0.900 bits per heavy atom. The molecule has 0 bridgehead atoms. The Balaban J connectivity index is 1.00. The molecule has 2 heteroatoms. The van der Waals surface area contributed by atoms with Gasteiger partial charge in [0, 0.05) is 38.8 Å². The number of hydrogen-bond acceptors (Lipinski definition) is 0. The average Bonchev–Trinajstić information content (AvgIpc) is 3.69. The quantitative estimate of drug-likeness (QED) is 0.176. The minimum Gasteiger partial charge on any atom is -0.337 e. The average molecular weight is 657 g/mol. The Morgan fingerprint density at radius 3 is 1.60 bits per heavy atom. The Morgan fingerprint density at radius 1 is 0.380 bits per heavy atom. The SMILES string of the molecule is c1ccc(-n2c3ccccc3c3cc4c(cc32)c2ccccc2n4C2CCC3C(C2)C2CCCC4C5CCCCC5C5CCCC3C5C42)cc1. The second kappa shape index (κ2) is 11.0. The van der Waals surface area contributed by atoms with E-state index < -0.39 is 0 Å². The van der Waals surface area contributed by atoms with Gasteiger partial charge in [-0.3, -0.25) is 0 Å². The largest absolute Gasteiger partial charge is 0.337 e. The van der Waals surface area contributed by atoms with Gasteiger partial charge in [0.2, 0.25) is 0 Å². The van der Waals surface area contributed by atoms with Gasteiger partial charge in [-0.15, -0.1) is 0 Å². The molecule has 0 saturated heterocycles. The molecule has 4 aromatic carbocycles.